The molecule has 0 saturated heterocycles. The van der Waals surface area contributed by atoms with Crippen LogP contribution >= 0.6 is 11.3 Å². The lowest BCUT2D eigenvalue weighted by Crippen LogP contribution is -2.07. The molecule has 0 amide bonds. The van der Waals surface area contributed by atoms with Crippen molar-refractivity contribution in [3.05, 3.63) is 10.4 Å². The third-order valence-corrected chi connectivity index (χ3v) is 3.23. The predicted molar refractivity (Wildman–Crippen MR) is 63.8 cm³/mol. The molecule has 0 fully saturated rings. The Labute approximate surface area is 97.8 Å². The minimum absolute atomic E-state index is 0.126. The van der Waals surface area contributed by atoms with Gasteiger partial charge in [-0.25, -0.2) is 0 Å². The van der Waals surface area contributed by atoms with Gasteiger partial charge in [0.05, 0.1) is 17.2 Å². The maximum atomic E-state index is 11.2. The Morgan fingerprint density at radius 1 is 1.69 bits per heavy atom. The van der Waals surface area contributed by atoms with Gasteiger partial charge >= 0.3 is 0 Å². The van der Waals surface area contributed by atoms with Crippen LogP contribution in [0.1, 0.15) is 22.2 Å². The van der Waals surface area contributed by atoms with E-state index in [0.29, 0.717) is 28.6 Å². The molecule has 0 unspecified atom stereocenters. The van der Waals surface area contributed by atoms with E-state index >= 15 is 0 Å². The van der Waals surface area contributed by atoms with Gasteiger partial charge in [0, 0.05) is 20.6 Å². The van der Waals surface area contributed by atoms with Crippen molar-refractivity contribution in [2.24, 2.45) is 0 Å². The highest BCUT2D eigenvalue weighted by atomic mass is 32.1. The molecule has 0 spiro atoms. The SMILES string of the molecule is COCCNc1sc(C(C)=O)c(N)c1C#N. The van der Waals surface area contributed by atoms with Gasteiger partial charge in [-0.05, 0) is 0 Å². The number of methoxy groups -OCH3 is 1. The van der Waals surface area contributed by atoms with E-state index < -0.39 is 0 Å². The molecule has 0 bridgehead atoms. The van der Waals surface area contributed by atoms with Crippen LogP contribution in [0.4, 0.5) is 10.7 Å². The van der Waals surface area contributed by atoms with Crippen molar-refractivity contribution in [1.29, 1.82) is 5.26 Å². The van der Waals surface area contributed by atoms with Gasteiger partial charge in [-0.1, -0.05) is 0 Å². The zero-order valence-corrected chi connectivity index (χ0v) is 9.98. The number of Topliss-reactive ketones (excluding diaryl/α,β-unsaturated/α-hetero) is 1. The number of nitriles is 1. The Morgan fingerprint density at radius 3 is 2.88 bits per heavy atom. The van der Waals surface area contributed by atoms with Crippen molar-refractivity contribution in [3.8, 4) is 6.07 Å². The number of thiophene rings is 1. The van der Waals surface area contributed by atoms with Crippen molar-refractivity contribution in [2.75, 3.05) is 31.3 Å². The van der Waals surface area contributed by atoms with Crippen LogP contribution in [0.2, 0.25) is 0 Å². The van der Waals surface area contributed by atoms with Gasteiger partial charge in [0.2, 0.25) is 0 Å². The van der Waals surface area contributed by atoms with Crippen LogP contribution in [0.3, 0.4) is 0 Å². The maximum absolute atomic E-state index is 11.2. The molecule has 0 aliphatic rings. The van der Waals surface area contributed by atoms with Crippen molar-refractivity contribution in [2.45, 2.75) is 6.92 Å². The fourth-order valence-electron chi connectivity index (χ4n) is 1.21. The van der Waals surface area contributed by atoms with Crippen molar-refractivity contribution >= 4 is 27.8 Å². The third kappa shape index (κ3) is 2.51. The molecule has 1 rings (SSSR count). The third-order valence-electron chi connectivity index (χ3n) is 1.97. The second-order valence-corrected chi connectivity index (χ2v) is 4.16. The summed E-state index contributed by atoms with van der Waals surface area (Å²) >= 11 is 1.21. The van der Waals surface area contributed by atoms with Crippen LogP contribution < -0.4 is 11.1 Å². The Hall–Kier alpha value is -1.58. The largest absolute Gasteiger partial charge is 0.396 e. The van der Waals surface area contributed by atoms with Crippen LogP contribution in [0.5, 0.6) is 0 Å². The summed E-state index contributed by atoms with van der Waals surface area (Å²) in [5.74, 6) is -0.126. The Kier molecular flexibility index (Phi) is 4.28. The highest BCUT2D eigenvalue weighted by molar-refractivity contribution is 7.18. The summed E-state index contributed by atoms with van der Waals surface area (Å²) in [5.41, 5.74) is 6.32. The first kappa shape index (κ1) is 12.5. The van der Waals surface area contributed by atoms with E-state index in [1.165, 1.54) is 18.3 Å². The quantitative estimate of drug-likeness (QED) is 0.600. The van der Waals surface area contributed by atoms with Gasteiger partial charge in [0.25, 0.3) is 0 Å². The van der Waals surface area contributed by atoms with E-state index in [1.807, 2.05) is 6.07 Å². The van der Waals surface area contributed by atoms with Gasteiger partial charge < -0.3 is 15.8 Å². The molecule has 1 aromatic rings. The lowest BCUT2D eigenvalue weighted by Gasteiger charge is -2.02. The Bertz CT molecular complexity index is 434. The number of nitrogen functional groups attached to an aromatic ring is 1. The highest BCUT2D eigenvalue weighted by Gasteiger charge is 2.17. The van der Waals surface area contributed by atoms with Crippen LogP contribution in [0.25, 0.3) is 0 Å². The molecule has 3 N–H and O–H groups in total. The number of carbonyl (C=O) groups excluding carboxylic acids is 1. The van der Waals surface area contributed by atoms with E-state index in [-0.39, 0.29) is 11.5 Å². The number of hydrogen-bond donors (Lipinski definition) is 2. The van der Waals surface area contributed by atoms with E-state index in [4.69, 9.17) is 15.7 Å². The molecule has 6 heteroatoms. The fraction of sp³-hybridized carbons (Fsp3) is 0.400. The number of ketones is 1. The molecule has 0 atom stereocenters. The molecule has 1 aromatic heterocycles. The van der Waals surface area contributed by atoms with Crippen LogP contribution in [0.15, 0.2) is 0 Å². The zero-order valence-electron chi connectivity index (χ0n) is 9.16. The highest BCUT2D eigenvalue weighted by Crippen LogP contribution is 2.35. The summed E-state index contributed by atoms with van der Waals surface area (Å²) in [6.07, 6.45) is 0. The monoisotopic (exact) mass is 239 g/mol. The molecule has 0 saturated carbocycles. The molecule has 1 heterocycles. The summed E-state index contributed by atoms with van der Waals surface area (Å²) in [6.45, 7) is 2.53. The lowest BCUT2D eigenvalue weighted by atomic mass is 10.2. The summed E-state index contributed by atoms with van der Waals surface area (Å²) in [6, 6.07) is 2.00. The normalized spacial score (nSPS) is 9.81. The minimum Gasteiger partial charge on any atom is -0.396 e. The molecule has 0 aliphatic heterocycles. The topological polar surface area (TPSA) is 88.1 Å². The number of nitrogens with zero attached hydrogens (tertiary/aromatic N) is 1. The van der Waals surface area contributed by atoms with Crippen molar-refractivity contribution < 1.29 is 9.53 Å². The Balaban J connectivity index is 2.96. The predicted octanol–water partition coefficient (Wildman–Crippen LogP) is 1.46. The molecule has 16 heavy (non-hydrogen) atoms. The fourth-order valence-corrected chi connectivity index (χ4v) is 2.20. The molecular formula is C10H13N3O2S. The van der Waals surface area contributed by atoms with Crippen LogP contribution in [-0.4, -0.2) is 26.0 Å². The first-order chi connectivity index (χ1) is 7.61. The Morgan fingerprint density at radius 2 is 2.38 bits per heavy atom. The number of carbonyl (C=O) groups is 1. The molecule has 0 aliphatic carbocycles. The standard InChI is InChI=1S/C10H13N3O2S/c1-6(14)9-8(12)7(5-11)10(16-9)13-3-4-15-2/h13H,3-4,12H2,1-2H3. The van der Waals surface area contributed by atoms with Crippen molar-refractivity contribution in [3.63, 3.8) is 0 Å². The second-order valence-electron chi connectivity index (χ2n) is 3.14. The minimum atomic E-state index is -0.126. The second kappa shape index (κ2) is 5.49. The molecular weight excluding hydrogens is 226 g/mol. The number of nitrogens with one attached hydrogen (secondary N) is 1. The van der Waals surface area contributed by atoms with E-state index in [1.54, 1.807) is 7.11 Å². The molecule has 0 radical (unpaired) electrons. The summed E-state index contributed by atoms with van der Waals surface area (Å²) in [5, 5.41) is 12.6. The first-order valence-electron chi connectivity index (χ1n) is 4.68. The number of rotatable bonds is 5. The average Bonchev–Trinajstić information content (AvgIpc) is 2.55. The molecule has 0 aromatic carbocycles. The van der Waals surface area contributed by atoms with Gasteiger partial charge in [-0.2, -0.15) is 5.26 Å². The average molecular weight is 239 g/mol. The first-order valence-corrected chi connectivity index (χ1v) is 5.49. The number of ether oxygens (including phenoxy) is 1. The number of hydrogen-bond acceptors (Lipinski definition) is 6. The molecule has 86 valence electrons. The maximum Gasteiger partial charge on any atom is 0.171 e. The summed E-state index contributed by atoms with van der Waals surface area (Å²) in [4.78, 5) is 11.7. The van der Waals surface area contributed by atoms with Gasteiger partial charge in [-0.15, -0.1) is 11.3 Å². The lowest BCUT2D eigenvalue weighted by molar-refractivity contribution is 0.102. The van der Waals surface area contributed by atoms with E-state index in [2.05, 4.69) is 5.32 Å². The van der Waals surface area contributed by atoms with Crippen LogP contribution in [0, 0.1) is 11.3 Å². The number of nitrogens with two attached hydrogens (primary N) is 1. The summed E-state index contributed by atoms with van der Waals surface area (Å²) < 4.78 is 4.88. The smallest absolute Gasteiger partial charge is 0.171 e. The van der Waals surface area contributed by atoms with Gasteiger partial charge in [-0.3, -0.25) is 4.79 Å². The number of anilines is 2. The van der Waals surface area contributed by atoms with Gasteiger partial charge in [0.1, 0.15) is 16.6 Å². The zero-order chi connectivity index (χ0) is 12.1. The summed E-state index contributed by atoms with van der Waals surface area (Å²) in [7, 11) is 1.59. The van der Waals surface area contributed by atoms with Crippen LogP contribution in [-0.2, 0) is 4.74 Å². The molecule has 5 nitrogen and oxygen atoms in total. The van der Waals surface area contributed by atoms with Crippen molar-refractivity contribution in [1.82, 2.24) is 0 Å². The van der Waals surface area contributed by atoms with E-state index in [9.17, 15) is 4.79 Å². The van der Waals surface area contributed by atoms with Gasteiger partial charge in [0.15, 0.2) is 5.78 Å². The van der Waals surface area contributed by atoms with E-state index in [0.717, 1.165) is 0 Å².